The molecule has 1 aliphatic heterocycles. The normalized spacial score (nSPS) is 17.3. The summed E-state index contributed by atoms with van der Waals surface area (Å²) >= 11 is 0. The number of amides is 1. The van der Waals surface area contributed by atoms with E-state index in [-0.39, 0.29) is 5.91 Å². The van der Waals surface area contributed by atoms with Gasteiger partial charge >= 0.3 is 0 Å². The van der Waals surface area contributed by atoms with Crippen molar-refractivity contribution in [2.75, 3.05) is 19.7 Å². The monoisotopic (exact) mass is 364 g/mol. The quantitative estimate of drug-likeness (QED) is 0.713. The number of hydrogen-bond acceptors (Lipinski definition) is 4. The molecule has 1 fully saturated rings. The zero-order valence-corrected chi connectivity index (χ0v) is 15.8. The molecular weight excluding hydrogens is 340 g/mol. The lowest BCUT2D eigenvalue weighted by Gasteiger charge is -2.32. The summed E-state index contributed by atoms with van der Waals surface area (Å²) in [7, 11) is 0. The molecule has 0 spiro atoms. The van der Waals surface area contributed by atoms with Crippen LogP contribution in [0, 0.1) is 19.8 Å². The van der Waals surface area contributed by atoms with Crippen molar-refractivity contribution < 1.29 is 9.53 Å². The van der Waals surface area contributed by atoms with E-state index in [0.717, 1.165) is 30.7 Å². The molecule has 4 rings (SSSR count). The van der Waals surface area contributed by atoms with Crippen LogP contribution in [-0.4, -0.2) is 45.1 Å². The van der Waals surface area contributed by atoms with Gasteiger partial charge in [0, 0.05) is 31.4 Å². The van der Waals surface area contributed by atoms with Crippen LogP contribution in [0.15, 0.2) is 42.9 Å². The third kappa shape index (κ3) is 3.79. The fourth-order valence-electron chi connectivity index (χ4n) is 3.52. The molecule has 1 unspecified atom stereocenters. The van der Waals surface area contributed by atoms with Gasteiger partial charge in [-0.1, -0.05) is 17.7 Å². The third-order valence-electron chi connectivity index (χ3n) is 5.03. The SMILES string of the molecule is Cc1ccc(OCC2CCCN(C(=O)c3cnn4cc(C)cnc34)C2)cc1. The van der Waals surface area contributed by atoms with Crippen molar-refractivity contribution in [3.63, 3.8) is 0 Å². The Hall–Kier alpha value is -2.89. The first-order valence-corrected chi connectivity index (χ1v) is 9.39. The van der Waals surface area contributed by atoms with Gasteiger partial charge in [-0.25, -0.2) is 9.50 Å². The number of carbonyl (C=O) groups excluding carboxylic acids is 1. The smallest absolute Gasteiger partial charge is 0.259 e. The summed E-state index contributed by atoms with van der Waals surface area (Å²) < 4.78 is 7.61. The molecule has 1 saturated heterocycles. The topological polar surface area (TPSA) is 59.7 Å². The van der Waals surface area contributed by atoms with Crippen LogP contribution in [0.2, 0.25) is 0 Å². The molecule has 0 N–H and O–H groups in total. The number of aromatic nitrogens is 3. The minimum Gasteiger partial charge on any atom is -0.493 e. The summed E-state index contributed by atoms with van der Waals surface area (Å²) in [6.45, 7) is 6.11. The van der Waals surface area contributed by atoms with Crippen LogP contribution in [0.25, 0.3) is 5.65 Å². The first kappa shape index (κ1) is 17.5. The Morgan fingerprint density at radius 3 is 2.81 bits per heavy atom. The fraction of sp³-hybridized carbons (Fsp3) is 0.381. The largest absolute Gasteiger partial charge is 0.493 e. The highest BCUT2D eigenvalue weighted by molar-refractivity contribution is 5.99. The van der Waals surface area contributed by atoms with Gasteiger partial charge < -0.3 is 9.64 Å². The lowest BCUT2D eigenvalue weighted by Crippen LogP contribution is -2.41. The van der Waals surface area contributed by atoms with E-state index in [4.69, 9.17) is 4.74 Å². The van der Waals surface area contributed by atoms with Crippen LogP contribution in [0.1, 0.15) is 34.3 Å². The van der Waals surface area contributed by atoms with Crippen LogP contribution in [0.4, 0.5) is 0 Å². The van der Waals surface area contributed by atoms with Crippen molar-refractivity contribution in [3.8, 4) is 5.75 Å². The van der Waals surface area contributed by atoms with Gasteiger partial charge in [-0.05, 0) is 44.4 Å². The number of nitrogens with zero attached hydrogens (tertiary/aromatic N) is 4. The Morgan fingerprint density at radius 1 is 1.19 bits per heavy atom. The number of benzene rings is 1. The Morgan fingerprint density at radius 2 is 2.00 bits per heavy atom. The summed E-state index contributed by atoms with van der Waals surface area (Å²) in [4.78, 5) is 19.3. The molecule has 140 valence electrons. The average Bonchev–Trinajstić information content (AvgIpc) is 3.10. The summed E-state index contributed by atoms with van der Waals surface area (Å²) in [5, 5.41) is 4.28. The van der Waals surface area contributed by atoms with Gasteiger partial charge in [-0.3, -0.25) is 4.79 Å². The first-order valence-electron chi connectivity index (χ1n) is 9.39. The molecule has 0 bridgehead atoms. The molecule has 3 heterocycles. The maximum absolute atomic E-state index is 13.0. The van der Waals surface area contributed by atoms with Gasteiger partial charge in [0.05, 0.1) is 12.8 Å². The molecule has 27 heavy (non-hydrogen) atoms. The Kier molecular flexibility index (Phi) is 4.79. The van der Waals surface area contributed by atoms with Gasteiger partial charge in [0.1, 0.15) is 11.3 Å². The highest BCUT2D eigenvalue weighted by atomic mass is 16.5. The van der Waals surface area contributed by atoms with Crippen molar-refractivity contribution in [2.24, 2.45) is 5.92 Å². The number of fused-ring (bicyclic) bond motifs is 1. The Labute approximate surface area is 158 Å². The molecule has 6 nitrogen and oxygen atoms in total. The number of likely N-dealkylation sites (tertiary alicyclic amines) is 1. The Bertz CT molecular complexity index is 948. The van der Waals surface area contributed by atoms with E-state index >= 15 is 0 Å². The zero-order valence-electron chi connectivity index (χ0n) is 15.8. The number of hydrogen-bond donors (Lipinski definition) is 0. The summed E-state index contributed by atoms with van der Waals surface area (Å²) in [6.07, 6.45) is 7.33. The van der Waals surface area contributed by atoms with Crippen LogP contribution >= 0.6 is 0 Å². The predicted molar refractivity (Wildman–Crippen MR) is 103 cm³/mol. The van der Waals surface area contributed by atoms with E-state index in [1.54, 1.807) is 16.9 Å². The van der Waals surface area contributed by atoms with Gasteiger partial charge in [0.25, 0.3) is 5.91 Å². The van der Waals surface area contributed by atoms with Crippen molar-refractivity contribution >= 4 is 11.6 Å². The van der Waals surface area contributed by atoms with E-state index in [1.807, 2.05) is 42.3 Å². The molecule has 0 saturated carbocycles. The van der Waals surface area contributed by atoms with E-state index in [2.05, 4.69) is 17.0 Å². The molecule has 1 aliphatic rings. The molecule has 1 atom stereocenters. The molecule has 2 aromatic heterocycles. The fourth-order valence-corrected chi connectivity index (χ4v) is 3.52. The second-order valence-corrected chi connectivity index (χ2v) is 7.34. The van der Waals surface area contributed by atoms with Crippen molar-refractivity contribution in [2.45, 2.75) is 26.7 Å². The van der Waals surface area contributed by atoms with Gasteiger partial charge in [0.15, 0.2) is 5.65 Å². The third-order valence-corrected chi connectivity index (χ3v) is 5.03. The molecule has 6 heteroatoms. The molecule has 3 aromatic rings. The van der Waals surface area contributed by atoms with Crippen LogP contribution in [0.5, 0.6) is 5.75 Å². The van der Waals surface area contributed by atoms with Crippen molar-refractivity contribution in [1.29, 1.82) is 0 Å². The number of piperidine rings is 1. The predicted octanol–water partition coefficient (Wildman–Crippen LogP) is 3.28. The second-order valence-electron chi connectivity index (χ2n) is 7.34. The minimum atomic E-state index is 0.00129. The molecule has 0 radical (unpaired) electrons. The molecule has 1 aromatic carbocycles. The Balaban J connectivity index is 1.42. The number of aryl methyl sites for hydroxylation is 2. The number of rotatable bonds is 4. The molecule has 1 amide bonds. The van der Waals surface area contributed by atoms with Gasteiger partial charge in [0.2, 0.25) is 0 Å². The maximum Gasteiger partial charge on any atom is 0.259 e. The molecule has 0 aliphatic carbocycles. The number of carbonyl (C=O) groups is 1. The van der Waals surface area contributed by atoms with Gasteiger partial charge in [-0.2, -0.15) is 5.10 Å². The van der Waals surface area contributed by atoms with Crippen LogP contribution in [-0.2, 0) is 0 Å². The van der Waals surface area contributed by atoms with Crippen molar-refractivity contribution in [3.05, 3.63) is 59.5 Å². The lowest BCUT2D eigenvalue weighted by molar-refractivity contribution is 0.0635. The maximum atomic E-state index is 13.0. The zero-order chi connectivity index (χ0) is 18.8. The highest BCUT2D eigenvalue weighted by Crippen LogP contribution is 2.22. The van der Waals surface area contributed by atoms with Crippen molar-refractivity contribution in [1.82, 2.24) is 19.5 Å². The molecular formula is C21H24N4O2. The minimum absolute atomic E-state index is 0.00129. The van der Waals surface area contributed by atoms with E-state index in [0.29, 0.717) is 30.3 Å². The highest BCUT2D eigenvalue weighted by Gasteiger charge is 2.27. The summed E-state index contributed by atoms with van der Waals surface area (Å²) in [6, 6.07) is 8.08. The van der Waals surface area contributed by atoms with Crippen LogP contribution in [0.3, 0.4) is 0 Å². The van der Waals surface area contributed by atoms with E-state index in [9.17, 15) is 4.79 Å². The van der Waals surface area contributed by atoms with E-state index in [1.165, 1.54) is 5.56 Å². The van der Waals surface area contributed by atoms with Gasteiger partial charge in [-0.15, -0.1) is 0 Å². The number of ether oxygens (including phenoxy) is 1. The first-order chi connectivity index (χ1) is 13.1. The van der Waals surface area contributed by atoms with E-state index < -0.39 is 0 Å². The summed E-state index contributed by atoms with van der Waals surface area (Å²) in [5.41, 5.74) is 3.41. The van der Waals surface area contributed by atoms with Crippen LogP contribution < -0.4 is 4.74 Å². The summed E-state index contributed by atoms with van der Waals surface area (Å²) in [5.74, 6) is 1.22. The standard InChI is InChI=1S/C21H24N4O2/c1-15-5-7-18(8-6-15)27-14-17-4-3-9-24(13-17)21(26)19-11-23-25-12-16(2)10-22-20(19)25/h5-8,10-12,17H,3-4,9,13-14H2,1-2H3. The lowest BCUT2D eigenvalue weighted by atomic mass is 9.98. The average molecular weight is 364 g/mol. The second kappa shape index (κ2) is 7.39.